The van der Waals surface area contributed by atoms with Gasteiger partial charge >= 0.3 is 0 Å². The highest BCUT2D eigenvalue weighted by molar-refractivity contribution is 7.09. The lowest BCUT2D eigenvalue weighted by Gasteiger charge is -2.11. The molecule has 2 heterocycles. The van der Waals surface area contributed by atoms with Crippen molar-refractivity contribution in [3.63, 3.8) is 0 Å². The number of methoxy groups -OCH3 is 1. The maximum Gasteiger partial charge on any atom is 0.244 e. The summed E-state index contributed by atoms with van der Waals surface area (Å²) >= 11 is 1.61. The van der Waals surface area contributed by atoms with Crippen LogP contribution in [0.4, 0.5) is 0 Å². The van der Waals surface area contributed by atoms with Gasteiger partial charge < -0.3 is 19.3 Å². The number of nitrogens with one attached hydrogen (secondary N) is 1. The summed E-state index contributed by atoms with van der Waals surface area (Å²) in [4.78, 5) is 13.1. The van der Waals surface area contributed by atoms with Crippen LogP contribution in [0.1, 0.15) is 27.5 Å². The Hall–Kier alpha value is -3.06. The molecule has 0 fully saturated rings. The number of benzene rings is 1. The van der Waals surface area contributed by atoms with Crippen molar-refractivity contribution in [2.75, 3.05) is 7.11 Å². The van der Waals surface area contributed by atoms with E-state index in [0.717, 1.165) is 27.5 Å². The van der Waals surface area contributed by atoms with Crippen molar-refractivity contribution in [1.82, 2.24) is 10.5 Å². The Bertz CT molecular complexity index is 941. The number of ether oxygens (including phenoxy) is 2. The lowest BCUT2D eigenvalue weighted by atomic mass is 10.2. The van der Waals surface area contributed by atoms with Gasteiger partial charge in [-0.25, -0.2) is 0 Å². The number of carbonyl (C=O) groups is 1. The van der Waals surface area contributed by atoms with Gasteiger partial charge in [0.2, 0.25) is 5.91 Å². The zero-order valence-corrected chi connectivity index (χ0v) is 16.8. The second-order valence-electron chi connectivity index (χ2n) is 6.13. The van der Waals surface area contributed by atoms with E-state index in [1.54, 1.807) is 24.5 Å². The van der Waals surface area contributed by atoms with Crippen molar-refractivity contribution in [3.8, 4) is 11.5 Å². The van der Waals surface area contributed by atoms with Crippen molar-refractivity contribution in [1.29, 1.82) is 0 Å². The largest absolute Gasteiger partial charge is 0.493 e. The highest BCUT2D eigenvalue weighted by Gasteiger charge is 2.12. The molecule has 0 aliphatic carbocycles. The van der Waals surface area contributed by atoms with E-state index in [1.807, 2.05) is 49.6 Å². The van der Waals surface area contributed by atoms with Crippen LogP contribution in [0.15, 0.2) is 46.3 Å². The van der Waals surface area contributed by atoms with E-state index in [0.29, 0.717) is 24.7 Å². The van der Waals surface area contributed by atoms with Gasteiger partial charge in [0.05, 0.1) is 24.9 Å². The summed E-state index contributed by atoms with van der Waals surface area (Å²) in [6, 6.07) is 9.46. The molecule has 0 radical (unpaired) electrons. The molecular formula is C21H22N2O4S. The van der Waals surface area contributed by atoms with Gasteiger partial charge in [0.25, 0.3) is 0 Å². The molecule has 1 N–H and O–H groups in total. The van der Waals surface area contributed by atoms with Gasteiger partial charge in [-0.05, 0) is 49.1 Å². The summed E-state index contributed by atoms with van der Waals surface area (Å²) < 4.78 is 16.4. The van der Waals surface area contributed by atoms with Crippen LogP contribution in [0.5, 0.6) is 11.5 Å². The average Bonchev–Trinajstić information content (AvgIpc) is 3.33. The zero-order valence-electron chi connectivity index (χ0n) is 16.0. The van der Waals surface area contributed by atoms with Gasteiger partial charge in [0.15, 0.2) is 11.5 Å². The van der Waals surface area contributed by atoms with Crippen molar-refractivity contribution in [2.24, 2.45) is 0 Å². The second-order valence-corrected chi connectivity index (χ2v) is 7.16. The predicted molar refractivity (Wildman–Crippen MR) is 109 cm³/mol. The topological polar surface area (TPSA) is 73.6 Å². The summed E-state index contributed by atoms with van der Waals surface area (Å²) in [6.45, 7) is 4.60. The summed E-state index contributed by atoms with van der Waals surface area (Å²) in [7, 11) is 1.58. The molecule has 146 valence electrons. The predicted octanol–water partition coefficient (Wildman–Crippen LogP) is 4.27. The highest BCUT2D eigenvalue weighted by atomic mass is 32.1. The first-order valence-corrected chi connectivity index (χ1v) is 9.65. The van der Waals surface area contributed by atoms with E-state index < -0.39 is 0 Å². The smallest absolute Gasteiger partial charge is 0.244 e. The molecule has 6 nitrogen and oxygen atoms in total. The van der Waals surface area contributed by atoms with Gasteiger partial charge in [-0.1, -0.05) is 17.3 Å². The molecule has 0 bridgehead atoms. The summed E-state index contributed by atoms with van der Waals surface area (Å²) in [6.07, 6.45) is 3.25. The number of thiophene rings is 1. The quantitative estimate of drug-likeness (QED) is 0.574. The normalized spacial score (nSPS) is 11.0. The van der Waals surface area contributed by atoms with Gasteiger partial charge in [0.1, 0.15) is 12.4 Å². The monoisotopic (exact) mass is 398 g/mol. The maximum absolute atomic E-state index is 12.0. The number of amides is 1. The zero-order chi connectivity index (χ0) is 19.9. The molecule has 2 aromatic heterocycles. The molecule has 1 aromatic carbocycles. The third kappa shape index (κ3) is 5.01. The van der Waals surface area contributed by atoms with Crippen LogP contribution < -0.4 is 14.8 Å². The Morgan fingerprint density at radius 2 is 2.14 bits per heavy atom. The lowest BCUT2D eigenvalue weighted by Crippen LogP contribution is -2.19. The number of rotatable bonds is 8. The van der Waals surface area contributed by atoms with Crippen LogP contribution in [0.25, 0.3) is 6.08 Å². The molecule has 0 unspecified atom stereocenters. The molecule has 0 atom stereocenters. The third-order valence-corrected chi connectivity index (χ3v) is 5.06. The molecule has 0 spiro atoms. The fraction of sp³-hybridized carbons (Fsp3) is 0.238. The van der Waals surface area contributed by atoms with E-state index in [1.165, 1.54) is 6.08 Å². The van der Waals surface area contributed by atoms with Crippen LogP contribution in [-0.2, 0) is 17.9 Å². The summed E-state index contributed by atoms with van der Waals surface area (Å²) in [5.74, 6) is 1.80. The Morgan fingerprint density at radius 1 is 1.29 bits per heavy atom. The molecule has 3 aromatic rings. The fourth-order valence-corrected chi connectivity index (χ4v) is 3.23. The van der Waals surface area contributed by atoms with Crippen LogP contribution in [0, 0.1) is 13.8 Å². The minimum Gasteiger partial charge on any atom is -0.493 e. The number of hydrogen-bond acceptors (Lipinski definition) is 6. The molecule has 3 rings (SSSR count). The number of aryl methyl sites for hydroxylation is 2. The number of nitrogens with zero attached hydrogens (tertiary/aromatic N) is 1. The van der Waals surface area contributed by atoms with Gasteiger partial charge in [-0.15, -0.1) is 11.3 Å². The summed E-state index contributed by atoms with van der Waals surface area (Å²) in [5.41, 5.74) is 2.57. The molecule has 7 heteroatoms. The van der Waals surface area contributed by atoms with Crippen LogP contribution in [-0.4, -0.2) is 18.2 Å². The summed E-state index contributed by atoms with van der Waals surface area (Å²) in [5, 5.41) is 8.77. The first-order chi connectivity index (χ1) is 13.6. The van der Waals surface area contributed by atoms with E-state index >= 15 is 0 Å². The van der Waals surface area contributed by atoms with Gasteiger partial charge in [0, 0.05) is 11.0 Å². The number of aromatic nitrogens is 1. The Labute approximate surface area is 167 Å². The first-order valence-electron chi connectivity index (χ1n) is 8.77. The van der Waals surface area contributed by atoms with Crippen LogP contribution >= 0.6 is 11.3 Å². The Morgan fingerprint density at radius 3 is 2.82 bits per heavy atom. The fourth-order valence-electron chi connectivity index (χ4n) is 2.58. The van der Waals surface area contributed by atoms with Crippen molar-refractivity contribution in [3.05, 3.63) is 69.2 Å². The maximum atomic E-state index is 12.0. The standard InChI is InChI=1S/C21H22N2O4S/c1-14-18(15(2)27-23-14)13-26-19-8-6-16(11-20(19)25-3)7-9-21(24)22-12-17-5-4-10-28-17/h4-11H,12-13H2,1-3H3,(H,22,24). The Balaban J connectivity index is 1.61. The lowest BCUT2D eigenvalue weighted by molar-refractivity contribution is -0.116. The van der Waals surface area contributed by atoms with Crippen molar-refractivity contribution >= 4 is 23.3 Å². The average molecular weight is 398 g/mol. The molecule has 1 amide bonds. The van der Waals surface area contributed by atoms with E-state index in [4.69, 9.17) is 14.0 Å². The molecule has 0 aliphatic heterocycles. The van der Waals surface area contributed by atoms with Gasteiger partial charge in [-0.2, -0.15) is 0 Å². The first kappa shape index (κ1) is 19.7. The minimum absolute atomic E-state index is 0.147. The molecule has 0 saturated heterocycles. The van der Waals surface area contributed by atoms with Gasteiger partial charge in [-0.3, -0.25) is 4.79 Å². The minimum atomic E-state index is -0.147. The molecule has 0 saturated carbocycles. The third-order valence-electron chi connectivity index (χ3n) is 4.19. The molecule has 28 heavy (non-hydrogen) atoms. The molecular weight excluding hydrogens is 376 g/mol. The number of carbonyl (C=O) groups excluding carboxylic acids is 1. The van der Waals surface area contributed by atoms with Crippen LogP contribution in [0.2, 0.25) is 0 Å². The van der Waals surface area contributed by atoms with E-state index in [9.17, 15) is 4.79 Å². The van der Waals surface area contributed by atoms with Crippen LogP contribution in [0.3, 0.4) is 0 Å². The van der Waals surface area contributed by atoms with Crippen molar-refractivity contribution < 1.29 is 18.8 Å². The number of hydrogen-bond donors (Lipinski definition) is 1. The SMILES string of the molecule is COc1cc(C=CC(=O)NCc2cccs2)ccc1OCc1c(C)noc1C. The van der Waals surface area contributed by atoms with E-state index in [-0.39, 0.29) is 5.91 Å². The molecule has 0 aliphatic rings. The second kappa shape index (κ2) is 9.23. The van der Waals surface area contributed by atoms with Crippen molar-refractivity contribution in [2.45, 2.75) is 27.0 Å². The van der Waals surface area contributed by atoms with E-state index in [2.05, 4.69) is 10.5 Å². The highest BCUT2D eigenvalue weighted by Crippen LogP contribution is 2.30. The Kier molecular flexibility index (Phi) is 6.49.